The van der Waals surface area contributed by atoms with E-state index in [0.717, 1.165) is 48.7 Å². The number of halogens is 1. The number of nitrogens with one attached hydrogen (secondary N) is 2. The molecule has 25 heavy (non-hydrogen) atoms. The number of hydrogen-bond donors (Lipinski definition) is 2. The van der Waals surface area contributed by atoms with E-state index in [9.17, 15) is 4.79 Å². The van der Waals surface area contributed by atoms with Crippen molar-refractivity contribution in [2.45, 2.75) is 33.6 Å². The number of aryl methyl sites for hydroxylation is 2. The van der Waals surface area contributed by atoms with Crippen molar-refractivity contribution in [3.63, 3.8) is 0 Å². The number of benzene rings is 1. The molecule has 0 aliphatic carbocycles. The Morgan fingerprint density at radius 2 is 2.08 bits per heavy atom. The van der Waals surface area contributed by atoms with Gasteiger partial charge in [0.25, 0.3) is 5.91 Å². The van der Waals surface area contributed by atoms with Crippen LogP contribution in [0, 0.1) is 26.7 Å². The lowest BCUT2D eigenvalue weighted by atomic mass is 10.1. The average molecular weight is 362 g/mol. The van der Waals surface area contributed by atoms with Gasteiger partial charge in [-0.3, -0.25) is 4.79 Å². The fraction of sp³-hybridized carbons (Fsp3) is 0.450. The third-order valence-electron chi connectivity index (χ3n) is 4.94. The Kier molecular flexibility index (Phi) is 6.68. The minimum Gasteiger partial charge on any atom is -0.352 e. The fourth-order valence-electron chi connectivity index (χ4n) is 3.60. The second kappa shape index (κ2) is 8.54. The smallest absolute Gasteiger partial charge is 0.253 e. The molecule has 2 N–H and O–H groups in total. The Labute approximate surface area is 156 Å². The molecular formula is C20H28ClN3O. The largest absolute Gasteiger partial charge is 0.352 e. The van der Waals surface area contributed by atoms with Gasteiger partial charge in [-0.25, -0.2) is 0 Å². The maximum atomic E-state index is 12.6. The second-order valence-corrected chi connectivity index (χ2v) is 6.86. The lowest BCUT2D eigenvalue weighted by Crippen LogP contribution is -2.26. The number of nitrogens with zero attached hydrogens (tertiary/aromatic N) is 1. The van der Waals surface area contributed by atoms with E-state index in [1.165, 1.54) is 12.0 Å². The topological polar surface area (TPSA) is 46.1 Å². The molecular weight excluding hydrogens is 334 g/mol. The van der Waals surface area contributed by atoms with Gasteiger partial charge >= 0.3 is 0 Å². The minimum absolute atomic E-state index is 0. The van der Waals surface area contributed by atoms with Crippen LogP contribution in [0.15, 0.2) is 30.3 Å². The van der Waals surface area contributed by atoms with E-state index in [1.54, 1.807) is 0 Å². The van der Waals surface area contributed by atoms with Crippen LogP contribution in [-0.4, -0.2) is 30.1 Å². The van der Waals surface area contributed by atoms with E-state index in [2.05, 4.69) is 53.3 Å². The molecule has 0 spiro atoms. The fourth-order valence-corrected chi connectivity index (χ4v) is 3.60. The molecule has 1 aromatic carbocycles. The molecule has 1 aliphatic heterocycles. The van der Waals surface area contributed by atoms with Gasteiger partial charge in [0.05, 0.1) is 5.56 Å². The van der Waals surface area contributed by atoms with Gasteiger partial charge in [-0.1, -0.05) is 12.1 Å². The second-order valence-electron chi connectivity index (χ2n) is 6.86. The maximum Gasteiger partial charge on any atom is 0.253 e. The van der Waals surface area contributed by atoms with E-state index < -0.39 is 0 Å². The SMILES string of the molecule is Cc1cccc(-n2c(C)cc(C(=O)NCCC3CCNC3)c2C)c1.Cl. The van der Waals surface area contributed by atoms with Crippen LogP contribution in [0.2, 0.25) is 0 Å². The van der Waals surface area contributed by atoms with Gasteiger partial charge < -0.3 is 15.2 Å². The molecule has 1 aromatic heterocycles. The highest BCUT2D eigenvalue weighted by atomic mass is 35.5. The van der Waals surface area contributed by atoms with Crippen molar-refractivity contribution in [2.75, 3.05) is 19.6 Å². The van der Waals surface area contributed by atoms with Crippen LogP contribution in [0.25, 0.3) is 5.69 Å². The van der Waals surface area contributed by atoms with E-state index in [4.69, 9.17) is 0 Å². The zero-order valence-electron chi connectivity index (χ0n) is 15.3. The summed E-state index contributed by atoms with van der Waals surface area (Å²) in [7, 11) is 0. The minimum atomic E-state index is 0. The molecule has 136 valence electrons. The zero-order chi connectivity index (χ0) is 17.1. The molecule has 1 amide bonds. The molecule has 1 atom stereocenters. The van der Waals surface area contributed by atoms with Crippen LogP contribution in [0.3, 0.4) is 0 Å². The first-order chi connectivity index (χ1) is 11.6. The summed E-state index contributed by atoms with van der Waals surface area (Å²) < 4.78 is 2.16. The van der Waals surface area contributed by atoms with Crippen molar-refractivity contribution in [1.29, 1.82) is 0 Å². The lowest BCUT2D eigenvalue weighted by Gasteiger charge is -2.11. The van der Waals surface area contributed by atoms with Crippen molar-refractivity contribution in [3.05, 3.63) is 52.8 Å². The van der Waals surface area contributed by atoms with Gasteiger partial charge in [-0.2, -0.15) is 0 Å². The summed E-state index contributed by atoms with van der Waals surface area (Å²) in [5.74, 6) is 0.734. The van der Waals surface area contributed by atoms with Crippen molar-refractivity contribution >= 4 is 18.3 Å². The van der Waals surface area contributed by atoms with Crippen LogP contribution < -0.4 is 10.6 Å². The first-order valence-electron chi connectivity index (χ1n) is 8.81. The third-order valence-corrected chi connectivity index (χ3v) is 4.94. The molecule has 2 aromatic rings. The molecule has 1 fully saturated rings. The highest BCUT2D eigenvalue weighted by molar-refractivity contribution is 5.95. The Hall–Kier alpha value is -1.78. The number of carbonyl (C=O) groups is 1. The molecule has 5 heteroatoms. The summed E-state index contributed by atoms with van der Waals surface area (Å²) in [6.45, 7) is 9.10. The Balaban J connectivity index is 0.00000225. The Morgan fingerprint density at radius 1 is 1.28 bits per heavy atom. The molecule has 0 radical (unpaired) electrons. The molecule has 1 aliphatic rings. The molecule has 2 heterocycles. The normalized spacial score (nSPS) is 16.5. The Bertz CT molecular complexity index is 733. The molecule has 0 saturated carbocycles. The van der Waals surface area contributed by atoms with Gasteiger partial charge in [-0.15, -0.1) is 12.4 Å². The summed E-state index contributed by atoms with van der Waals surface area (Å²) >= 11 is 0. The molecule has 1 unspecified atom stereocenters. The number of aromatic nitrogens is 1. The highest BCUT2D eigenvalue weighted by Crippen LogP contribution is 2.21. The zero-order valence-corrected chi connectivity index (χ0v) is 16.1. The highest BCUT2D eigenvalue weighted by Gasteiger charge is 2.18. The Morgan fingerprint density at radius 3 is 2.76 bits per heavy atom. The van der Waals surface area contributed by atoms with E-state index in [0.29, 0.717) is 5.92 Å². The van der Waals surface area contributed by atoms with Crippen molar-refractivity contribution in [1.82, 2.24) is 15.2 Å². The maximum absolute atomic E-state index is 12.6. The van der Waals surface area contributed by atoms with Crippen LogP contribution in [0.5, 0.6) is 0 Å². The quantitative estimate of drug-likeness (QED) is 0.855. The third kappa shape index (κ3) is 4.44. The van der Waals surface area contributed by atoms with Gasteiger partial charge in [0.1, 0.15) is 0 Å². The van der Waals surface area contributed by atoms with Crippen molar-refractivity contribution in [2.24, 2.45) is 5.92 Å². The number of amides is 1. The van der Waals surface area contributed by atoms with Crippen LogP contribution in [-0.2, 0) is 0 Å². The first-order valence-corrected chi connectivity index (χ1v) is 8.81. The number of carbonyl (C=O) groups excluding carboxylic acids is 1. The standard InChI is InChI=1S/C20H27N3O.ClH/c1-14-5-4-6-18(11-14)23-15(2)12-19(16(23)3)20(24)22-10-8-17-7-9-21-13-17;/h4-6,11-12,17,21H,7-10,13H2,1-3H3,(H,22,24);1H. The number of hydrogen-bond acceptors (Lipinski definition) is 2. The summed E-state index contributed by atoms with van der Waals surface area (Å²) in [5.41, 5.74) is 5.19. The van der Waals surface area contributed by atoms with Crippen LogP contribution in [0.1, 0.15) is 40.2 Å². The monoisotopic (exact) mass is 361 g/mol. The molecule has 1 saturated heterocycles. The summed E-state index contributed by atoms with van der Waals surface area (Å²) in [4.78, 5) is 12.6. The van der Waals surface area contributed by atoms with E-state index in [1.807, 2.05) is 13.0 Å². The van der Waals surface area contributed by atoms with Gasteiger partial charge in [0, 0.05) is 23.6 Å². The van der Waals surface area contributed by atoms with E-state index >= 15 is 0 Å². The summed E-state index contributed by atoms with van der Waals surface area (Å²) in [6.07, 6.45) is 2.27. The van der Waals surface area contributed by atoms with E-state index in [-0.39, 0.29) is 18.3 Å². The van der Waals surface area contributed by atoms with Crippen molar-refractivity contribution in [3.8, 4) is 5.69 Å². The first kappa shape index (κ1) is 19.5. The van der Waals surface area contributed by atoms with Gasteiger partial charge in [0.15, 0.2) is 0 Å². The predicted molar refractivity (Wildman–Crippen MR) is 105 cm³/mol. The molecule has 4 nitrogen and oxygen atoms in total. The summed E-state index contributed by atoms with van der Waals surface area (Å²) in [5, 5.41) is 6.46. The molecule has 3 rings (SSSR count). The van der Waals surface area contributed by atoms with Gasteiger partial charge in [0.2, 0.25) is 0 Å². The average Bonchev–Trinajstić information content (AvgIpc) is 3.15. The summed E-state index contributed by atoms with van der Waals surface area (Å²) in [6, 6.07) is 10.4. The van der Waals surface area contributed by atoms with Crippen molar-refractivity contribution < 1.29 is 4.79 Å². The molecule has 0 bridgehead atoms. The lowest BCUT2D eigenvalue weighted by molar-refractivity contribution is 0.0951. The van der Waals surface area contributed by atoms with Crippen LogP contribution >= 0.6 is 12.4 Å². The predicted octanol–water partition coefficient (Wildman–Crippen LogP) is 3.55. The van der Waals surface area contributed by atoms with Gasteiger partial charge in [-0.05, 0) is 76.4 Å². The van der Waals surface area contributed by atoms with Crippen LogP contribution in [0.4, 0.5) is 0 Å². The number of rotatable bonds is 5.